The highest BCUT2D eigenvalue weighted by Crippen LogP contribution is 2.10. The molecule has 1 saturated heterocycles. The van der Waals surface area contributed by atoms with Crippen molar-refractivity contribution >= 4 is 29.9 Å². The number of benzene rings is 1. The summed E-state index contributed by atoms with van der Waals surface area (Å²) in [4.78, 5) is 4.28. The first kappa shape index (κ1) is 22.2. The van der Waals surface area contributed by atoms with Crippen LogP contribution in [0.1, 0.15) is 37.3 Å². The molecular weight excluding hydrogens is 429 g/mol. The lowest BCUT2D eigenvalue weighted by molar-refractivity contribution is -0.0320. The van der Waals surface area contributed by atoms with Crippen LogP contribution in [-0.2, 0) is 22.4 Å². The number of aliphatic imine (C=N–C) groups is 1. The molecule has 0 spiro atoms. The zero-order valence-corrected chi connectivity index (χ0v) is 17.8. The second kappa shape index (κ2) is 13.4. The highest BCUT2D eigenvalue weighted by atomic mass is 127. The van der Waals surface area contributed by atoms with Crippen molar-refractivity contribution < 1.29 is 9.47 Å². The van der Waals surface area contributed by atoms with E-state index in [1.165, 1.54) is 11.1 Å². The smallest absolute Gasteiger partial charge is 0.191 e. The minimum atomic E-state index is 0. The predicted octanol–water partition coefficient (Wildman–Crippen LogP) is 3.12. The summed E-state index contributed by atoms with van der Waals surface area (Å²) in [5.74, 6) is 0.840. The molecule has 6 heteroatoms. The van der Waals surface area contributed by atoms with E-state index in [9.17, 15) is 0 Å². The minimum Gasteiger partial charge on any atom is -0.381 e. The van der Waals surface area contributed by atoms with E-state index in [0.29, 0.717) is 6.10 Å². The van der Waals surface area contributed by atoms with Crippen LogP contribution in [-0.4, -0.2) is 45.5 Å². The number of rotatable bonds is 8. The van der Waals surface area contributed by atoms with Crippen molar-refractivity contribution in [3.8, 4) is 0 Å². The number of guanidine groups is 1. The molecule has 0 aromatic heterocycles. The molecule has 0 saturated carbocycles. The summed E-state index contributed by atoms with van der Waals surface area (Å²) in [6.07, 6.45) is 4.44. The summed E-state index contributed by atoms with van der Waals surface area (Å²) in [5, 5.41) is 6.73. The molecule has 0 aliphatic carbocycles. The molecule has 1 aromatic carbocycles. The van der Waals surface area contributed by atoms with Crippen molar-refractivity contribution in [2.75, 3.05) is 33.4 Å². The first-order valence-electron chi connectivity index (χ1n) is 9.04. The van der Waals surface area contributed by atoms with Gasteiger partial charge in [0, 0.05) is 40.0 Å². The van der Waals surface area contributed by atoms with Gasteiger partial charge in [-0.3, -0.25) is 4.99 Å². The number of halogens is 1. The summed E-state index contributed by atoms with van der Waals surface area (Å²) in [6.45, 7) is 6.29. The van der Waals surface area contributed by atoms with Crippen molar-refractivity contribution in [2.24, 2.45) is 4.99 Å². The van der Waals surface area contributed by atoms with Crippen molar-refractivity contribution in [3.05, 3.63) is 35.4 Å². The van der Waals surface area contributed by atoms with E-state index < -0.39 is 0 Å². The summed E-state index contributed by atoms with van der Waals surface area (Å²) < 4.78 is 11.2. The van der Waals surface area contributed by atoms with Gasteiger partial charge in [0.25, 0.3) is 0 Å². The van der Waals surface area contributed by atoms with Crippen LogP contribution in [0.5, 0.6) is 0 Å². The van der Waals surface area contributed by atoms with Crippen molar-refractivity contribution in [2.45, 2.75) is 45.3 Å². The van der Waals surface area contributed by atoms with Gasteiger partial charge in [0.15, 0.2) is 5.96 Å². The van der Waals surface area contributed by atoms with Crippen LogP contribution >= 0.6 is 24.0 Å². The number of nitrogens with zero attached hydrogens (tertiary/aromatic N) is 1. The third-order valence-corrected chi connectivity index (χ3v) is 4.30. The van der Waals surface area contributed by atoms with Gasteiger partial charge in [-0.2, -0.15) is 0 Å². The predicted molar refractivity (Wildman–Crippen MR) is 114 cm³/mol. The van der Waals surface area contributed by atoms with Crippen LogP contribution in [0.2, 0.25) is 0 Å². The van der Waals surface area contributed by atoms with E-state index in [0.717, 1.165) is 64.6 Å². The van der Waals surface area contributed by atoms with E-state index in [1.54, 1.807) is 7.05 Å². The maximum atomic E-state index is 5.88. The van der Waals surface area contributed by atoms with Crippen LogP contribution in [0.4, 0.5) is 0 Å². The fourth-order valence-electron chi connectivity index (χ4n) is 2.85. The molecule has 0 radical (unpaired) electrons. The fraction of sp³-hybridized carbons (Fsp3) is 0.632. The van der Waals surface area contributed by atoms with Crippen LogP contribution < -0.4 is 10.6 Å². The normalized spacial score (nSPS) is 15.5. The lowest BCUT2D eigenvalue weighted by Crippen LogP contribution is -2.38. The Kier molecular flexibility index (Phi) is 11.9. The van der Waals surface area contributed by atoms with E-state index in [2.05, 4.69) is 46.8 Å². The highest BCUT2D eigenvalue weighted by Gasteiger charge is 2.13. The number of hydrogen-bond acceptors (Lipinski definition) is 3. The Balaban J connectivity index is 0.00000312. The van der Waals surface area contributed by atoms with Gasteiger partial charge in [0.2, 0.25) is 0 Å². The lowest BCUT2D eigenvalue weighted by Gasteiger charge is -2.22. The van der Waals surface area contributed by atoms with Crippen LogP contribution in [0.3, 0.4) is 0 Å². The molecule has 1 aliphatic heterocycles. The molecule has 142 valence electrons. The van der Waals surface area contributed by atoms with Crippen LogP contribution in [0, 0.1) is 0 Å². The van der Waals surface area contributed by atoms with E-state index in [4.69, 9.17) is 9.47 Å². The molecular formula is C19H32IN3O2. The Bertz CT molecular complexity index is 505. The summed E-state index contributed by atoms with van der Waals surface area (Å²) in [7, 11) is 1.81. The molecule has 5 nitrogen and oxygen atoms in total. The summed E-state index contributed by atoms with van der Waals surface area (Å²) >= 11 is 0. The lowest BCUT2D eigenvalue weighted by atomic mass is 10.1. The molecule has 1 aromatic rings. The van der Waals surface area contributed by atoms with Gasteiger partial charge in [0.05, 0.1) is 6.10 Å². The van der Waals surface area contributed by atoms with Gasteiger partial charge in [0.1, 0.15) is 0 Å². The second-order valence-corrected chi connectivity index (χ2v) is 6.01. The van der Waals surface area contributed by atoms with Crippen molar-refractivity contribution in [3.63, 3.8) is 0 Å². The Labute approximate surface area is 169 Å². The van der Waals surface area contributed by atoms with Gasteiger partial charge in [-0.15, -0.1) is 24.0 Å². The monoisotopic (exact) mass is 461 g/mol. The maximum absolute atomic E-state index is 5.88. The molecule has 0 unspecified atom stereocenters. The molecule has 0 bridgehead atoms. The SMILES string of the molecule is CCc1ccccc1CNC(=NC)NCCCOC1CCOCC1.I. The molecule has 0 amide bonds. The molecule has 2 N–H and O–H groups in total. The highest BCUT2D eigenvalue weighted by molar-refractivity contribution is 14.0. The number of aryl methyl sites for hydroxylation is 1. The Morgan fingerprint density at radius 3 is 2.60 bits per heavy atom. The molecule has 1 aliphatic rings. The third kappa shape index (κ3) is 8.37. The first-order chi connectivity index (χ1) is 11.8. The average molecular weight is 461 g/mol. The van der Waals surface area contributed by atoms with Crippen LogP contribution in [0.15, 0.2) is 29.3 Å². The molecule has 2 rings (SSSR count). The Hall–Kier alpha value is -0.860. The van der Waals surface area contributed by atoms with E-state index in [1.807, 2.05) is 0 Å². The van der Waals surface area contributed by atoms with Gasteiger partial charge >= 0.3 is 0 Å². The topological polar surface area (TPSA) is 54.9 Å². The van der Waals surface area contributed by atoms with Crippen molar-refractivity contribution in [1.82, 2.24) is 10.6 Å². The fourth-order valence-corrected chi connectivity index (χ4v) is 2.85. The van der Waals surface area contributed by atoms with Gasteiger partial charge in [-0.05, 0) is 36.8 Å². The Morgan fingerprint density at radius 2 is 1.92 bits per heavy atom. The second-order valence-electron chi connectivity index (χ2n) is 6.01. The van der Waals surface area contributed by atoms with E-state index in [-0.39, 0.29) is 24.0 Å². The van der Waals surface area contributed by atoms with Crippen LogP contribution in [0.25, 0.3) is 0 Å². The van der Waals surface area contributed by atoms with Gasteiger partial charge < -0.3 is 20.1 Å². The molecule has 1 heterocycles. The largest absolute Gasteiger partial charge is 0.381 e. The zero-order valence-electron chi connectivity index (χ0n) is 15.4. The number of nitrogens with one attached hydrogen (secondary N) is 2. The molecule has 1 fully saturated rings. The number of hydrogen-bond donors (Lipinski definition) is 2. The zero-order chi connectivity index (χ0) is 17.0. The standard InChI is InChI=1S/C19H31N3O2.HI/c1-3-16-7-4-5-8-17(16)15-22-19(20-2)21-11-6-12-24-18-9-13-23-14-10-18;/h4-5,7-8,18H,3,6,9-15H2,1-2H3,(H2,20,21,22);1H. The van der Waals surface area contributed by atoms with Gasteiger partial charge in [-0.25, -0.2) is 0 Å². The summed E-state index contributed by atoms with van der Waals surface area (Å²) in [6, 6.07) is 8.52. The van der Waals surface area contributed by atoms with Crippen molar-refractivity contribution in [1.29, 1.82) is 0 Å². The minimum absolute atomic E-state index is 0. The first-order valence-corrected chi connectivity index (χ1v) is 9.04. The molecule has 0 atom stereocenters. The average Bonchev–Trinajstić information content (AvgIpc) is 2.65. The maximum Gasteiger partial charge on any atom is 0.191 e. The quantitative estimate of drug-likeness (QED) is 0.271. The Morgan fingerprint density at radius 1 is 1.20 bits per heavy atom. The van der Waals surface area contributed by atoms with E-state index >= 15 is 0 Å². The third-order valence-electron chi connectivity index (χ3n) is 4.30. The number of ether oxygens (including phenoxy) is 2. The molecule has 25 heavy (non-hydrogen) atoms. The summed E-state index contributed by atoms with van der Waals surface area (Å²) in [5.41, 5.74) is 2.70. The van der Waals surface area contributed by atoms with Gasteiger partial charge in [-0.1, -0.05) is 31.2 Å².